The van der Waals surface area contributed by atoms with E-state index in [0.29, 0.717) is 4.88 Å². The van der Waals surface area contributed by atoms with Gasteiger partial charge in [-0.05, 0) is 30.7 Å². The van der Waals surface area contributed by atoms with Crippen LogP contribution in [0.15, 0.2) is 12.1 Å². The summed E-state index contributed by atoms with van der Waals surface area (Å²) < 4.78 is 0. The van der Waals surface area contributed by atoms with Gasteiger partial charge in [0, 0.05) is 11.8 Å². The van der Waals surface area contributed by atoms with Gasteiger partial charge in [-0.3, -0.25) is 4.79 Å². The van der Waals surface area contributed by atoms with Crippen LogP contribution >= 0.6 is 23.1 Å². The number of rotatable bonds is 3. The number of amides is 1. The molecule has 1 aromatic heterocycles. The van der Waals surface area contributed by atoms with Gasteiger partial charge in [0.05, 0.1) is 4.88 Å². The molecule has 2 N–H and O–H groups in total. The van der Waals surface area contributed by atoms with Crippen molar-refractivity contribution in [2.45, 2.75) is 18.9 Å². The van der Waals surface area contributed by atoms with E-state index in [-0.39, 0.29) is 16.8 Å². The van der Waals surface area contributed by atoms with Gasteiger partial charge in [-0.15, -0.1) is 11.3 Å². The van der Waals surface area contributed by atoms with E-state index in [1.807, 2.05) is 11.8 Å². The first-order chi connectivity index (χ1) is 8.16. The van der Waals surface area contributed by atoms with Crippen molar-refractivity contribution < 1.29 is 14.7 Å². The number of carbonyl (C=O) groups is 2. The Morgan fingerprint density at radius 2 is 2.12 bits per heavy atom. The van der Waals surface area contributed by atoms with Crippen LogP contribution in [-0.2, 0) is 0 Å². The molecule has 1 amide bonds. The molecule has 1 aromatic rings. The standard InChI is InChI=1S/C11H13NO3S2/c13-10(12-7-2-1-5-16-6-7)8-3-4-9(17-8)11(14)15/h3-4,7H,1-2,5-6H2,(H,12,13)(H,14,15). The van der Waals surface area contributed by atoms with Crippen LogP contribution < -0.4 is 5.32 Å². The van der Waals surface area contributed by atoms with Crippen molar-refractivity contribution in [2.24, 2.45) is 0 Å². The van der Waals surface area contributed by atoms with E-state index in [9.17, 15) is 9.59 Å². The summed E-state index contributed by atoms with van der Waals surface area (Å²) in [7, 11) is 0. The zero-order valence-electron chi connectivity index (χ0n) is 9.14. The predicted molar refractivity (Wildman–Crippen MR) is 69.1 cm³/mol. The molecular formula is C11H13NO3S2. The predicted octanol–water partition coefficient (Wildman–Crippen LogP) is 2.07. The van der Waals surface area contributed by atoms with Crippen molar-refractivity contribution in [2.75, 3.05) is 11.5 Å². The molecule has 0 saturated carbocycles. The second-order valence-electron chi connectivity index (χ2n) is 3.86. The number of thiophene rings is 1. The van der Waals surface area contributed by atoms with Gasteiger partial charge in [0.25, 0.3) is 5.91 Å². The Hall–Kier alpha value is -1.01. The highest BCUT2D eigenvalue weighted by Crippen LogP contribution is 2.19. The van der Waals surface area contributed by atoms with Crippen LogP contribution in [0.4, 0.5) is 0 Å². The van der Waals surface area contributed by atoms with E-state index in [0.717, 1.165) is 35.7 Å². The number of hydrogen-bond donors (Lipinski definition) is 2. The summed E-state index contributed by atoms with van der Waals surface area (Å²) in [6.07, 6.45) is 2.14. The minimum Gasteiger partial charge on any atom is -0.477 e. The Bertz CT molecular complexity index is 424. The van der Waals surface area contributed by atoms with Crippen LogP contribution in [0.2, 0.25) is 0 Å². The molecule has 17 heavy (non-hydrogen) atoms. The van der Waals surface area contributed by atoms with E-state index in [2.05, 4.69) is 5.32 Å². The maximum Gasteiger partial charge on any atom is 0.345 e. The Morgan fingerprint density at radius 3 is 2.71 bits per heavy atom. The lowest BCUT2D eigenvalue weighted by Crippen LogP contribution is -2.37. The van der Waals surface area contributed by atoms with Crippen molar-refractivity contribution >= 4 is 35.0 Å². The molecule has 1 fully saturated rings. The number of aromatic carboxylic acids is 1. The fourth-order valence-corrected chi connectivity index (χ4v) is 3.51. The Morgan fingerprint density at radius 1 is 1.35 bits per heavy atom. The molecule has 1 saturated heterocycles. The number of nitrogens with one attached hydrogen (secondary N) is 1. The molecule has 1 aliphatic rings. The van der Waals surface area contributed by atoms with Crippen LogP contribution in [0.5, 0.6) is 0 Å². The summed E-state index contributed by atoms with van der Waals surface area (Å²) in [5, 5.41) is 11.7. The zero-order chi connectivity index (χ0) is 12.3. The molecule has 0 radical (unpaired) electrons. The molecule has 0 aromatic carbocycles. The molecule has 6 heteroatoms. The van der Waals surface area contributed by atoms with Gasteiger partial charge in [-0.1, -0.05) is 0 Å². The highest BCUT2D eigenvalue weighted by molar-refractivity contribution is 7.99. The SMILES string of the molecule is O=C(O)c1ccc(C(=O)NC2CCCSC2)s1. The summed E-state index contributed by atoms with van der Waals surface area (Å²) in [5.41, 5.74) is 0. The highest BCUT2D eigenvalue weighted by atomic mass is 32.2. The zero-order valence-corrected chi connectivity index (χ0v) is 10.8. The molecule has 0 aliphatic carbocycles. The Kier molecular flexibility index (Phi) is 4.06. The largest absolute Gasteiger partial charge is 0.477 e. The Labute approximate surface area is 107 Å². The maximum atomic E-state index is 11.8. The average Bonchev–Trinajstić information content (AvgIpc) is 2.79. The smallest absolute Gasteiger partial charge is 0.345 e. The van der Waals surface area contributed by atoms with Gasteiger partial charge in [-0.25, -0.2) is 4.79 Å². The normalized spacial score (nSPS) is 19.9. The van der Waals surface area contributed by atoms with Crippen LogP contribution in [0.1, 0.15) is 32.2 Å². The van der Waals surface area contributed by atoms with E-state index in [4.69, 9.17) is 5.11 Å². The molecule has 0 spiro atoms. The fraction of sp³-hybridized carbons (Fsp3) is 0.455. The molecule has 2 heterocycles. The Balaban J connectivity index is 1.96. The summed E-state index contributed by atoms with van der Waals surface area (Å²) >= 11 is 2.86. The van der Waals surface area contributed by atoms with Crippen molar-refractivity contribution in [1.82, 2.24) is 5.32 Å². The molecule has 4 nitrogen and oxygen atoms in total. The average molecular weight is 271 g/mol. The van der Waals surface area contributed by atoms with Crippen LogP contribution in [0.25, 0.3) is 0 Å². The van der Waals surface area contributed by atoms with Gasteiger partial charge in [0.15, 0.2) is 0 Å². The number of carbonyl (C=O) groups excluding carboxylic acids is 1. The fourth-order valence-electron chi connectivity index (χ4n) is 1.69. The quantitative estimate of drug-likeness (QED) is 0.883. The van der Waals surface area contributed by atoms with Gasteiger partial charge < -0.3 is 10.4 Å². The lowest BCUT2D eigenvalue weighted by molar-refractivity contribution is 0.0702. The van der Waals surface area contributed by atoms with E-state index >= 15 is 0 Å². The van der Waals surface area contributed by atoms with Crippen molar-refractivity contribution in [1.29, 1.82) is 0 Å². The monoisotopic (exact) mass is 271 g/mol. The molecule has 1 aliphatic heterocycles. The first-order valence-corrected chi connectivity index (χ1v) is 7.35. The van der Waals surface area contributed by atoms with E-state index < -0.39 is 5.97 Å². The third-order valence-corrected chi connectivity index (χ3v) is 4.82. The second kappa shape index (κ2) is 5.55. The van der Waals surface area contributed by atoms with Crippen LogP contribution in [-0.4, -0.2) is 34.5 Å². The van der Waals surface area contributed by atoms with Gasteiger partial charge in [-0.2, -0.15) is 11.8 Å². The summed E-state index contributed by atoms with van der Waals surface area (Å²) in [6, 6.07) is 3.26. The third kappa shape index (κ3) is 3.23. The molecule has 92 valence electrons. The summed E-state index contributed by atoms with van der Waals surface area (Å²) in [6.45, 7) is 0. The number of carboxylic acid groups (broad SMARTS) is 1. The van der Waals surface area contributed by atoms with Crippen molar-refractivity contribution in [3.63, 3.8) is 0 Å². The third-order valence-electron chi connectivity index (χ3n) is 2.54. The summed E-state index contributed by atoms with van der Waals surface area (Å²) in [4.78, 5) is 23.2. The van der Waals surface area contributed by atoms with Crippen molar-refractivity contribution in [3.8, 4) is 0 Å². The minimum absolute atomic E-state index is 0.157. The van der Waals surface area contributed by atoms with Gasteiger partial charge >= 0.3 is 5.97 Å². The van der Waals surface area contributed by atoms with Gasteiger partial charge in [0.1, 0.15) is 4.88 Å². The highest BCUT2D eigenvalue weighted by Gasteiger charge is 2.18. The molecule has 1 unspecified atom stereocenters. The molecule has 2 rings (SSSR count). The lowest BCUT2D eigenvalue weighted by Gasteiger charge is -2.21. The minimum atomic E-state index is -0.984. The van der Waals surface area contributed by atoms with E-state index in [1.54, 1.807) is 6.07 Å². The number of hydrogen-bond acceptors (Lipinski definition) is 4. The maximum absolute atomic E-state index is 11.8. The lowest BCUT2D eigenvalue weighted by atomic mass is 10.2. The van der Waals surface area contributed by atoms with Crippen LogP contribution in [0, 0.1) is 0 Å². The topological polar surface area (TPSA) is 66.4 Å². The molecule has 1 atom stereocenters. The van der Waals surface area contributed by atoms with Gasteiger partial charge in [0.2, 0.25) is 0 Å². The van der Waals surface area contributed by atoms with Crippen molar-refractivity contribution in [3.05, 3.63) is 21.9 Å². The second-order valence-corrected chi connectivity index (χ2v) is 6.09. The molecular weight excluding hydrogens is 258 g/mol. The first-order valence-electron chi connectivity index (χ1n) is 5.38. The summed E-state index contributed by atoms with van der Waals surface area (Å²) in [5.74, 6) is 0.967. The van der Waals surface area contributed by atoms with Crippen LogP contribution in [0.3, 0.4) is 0 Å². The van der Waals surface area contributed by atoms with E-state index in [1.165, 1.54) is 6.07 Å². The number of carboxylic acids is 1. The first kappa shape index (κ1) is 12.4. The molecule has 0 bridgehead atoms. The number of thioether (sulfide) groups is 1.